The summed E-state index contributed by atoms with van der Waals surface area (Å²) in [6, 6.07) is 0. The van der Waals surface area contributed by atoms with Gasteiger partial charge < -0.3 is 9.84 Å². The largest absolute Gasteiger partial charge is 0.462 e. The Morgan fingerprint density at radius 3 is 3.17 bits per heavy atom. The number of carbonyl (C=O) groups excluding carboxylic acids is 1. The minimum atomic E-state index is -0.766. The van der Waals surface area contributed by atoms with Crippen molar-refractivity contribution in [2.45, 2.75) is 24.9 Å². The summed E-state index contributed by atoms with van der Waals surface area (Å²) in [5, 5.41) is 10.0. The van der Waals surface area contributed by atoms with Gasteiger partial charge in [-0.1, -0.05) is 6.42 Å². The molecule has 3 rings (SSSR count). The highest BCUT2D eigenvalue weighted by atomic mass is 16.6. The number of carbonyl (C=O) groups is 1. The topological polar surface area (TPSA) is 46.5 Å². The monoisotopic (exact) mass is 168 g/mol. The highest BCUT2D eigenvalue weighted by Gasteiger charge is 2.69. The molecule has 3 heteroatoms. The molecular formula is C9H12O3. The summed E-state index contributed by atoms with van der Waals surface area (Å²) >= 11 is 0. The normalized spacial score (nSPS) is 55.8. The molecule has 2 saturated carbocycles. The van der Waals surface area contributed by atoms with Crippen molar-refractivity contribution in [1.29, 1.82) is 0 Å². The summed E-state index contributed by atoms with van der Waals surface area (Å²) in [7, 11) is 0. The first kappa shape index (κ1) is 6.89. The lowest BCUT2D eigenvalue weighted by Crippen LogP contribution is -2.60. The maximum atomic E-state index is 11.2. The van der Waals surface area contributed by atoms with Crippen LogP contribution in [-0.2, 0) is 9.53 Å². The van der Waals surface area contributed by atoms with Crippen LogP contribution in [0.5, 0.6) is 0 Å². The van der Waals surface area contributed by atoms with Gasteiger partial charge in [-0.05, 0) is 24.7 Å². The first-order valence-electron chi connectivity index (χ1n) is 4.62. The fourth-order valence-corrected chi connectivity index (χ4v) is 3.34. The smallest absolute Gasteiger partial charge is 0.312 e. The van der Waals surface area contributed by atoms with Crippen LogP contribution in [0.4, 0.5) is 0 Å². The Balaban J connectivity index is 1.97. The highest BCUT2D eigenvalue weighted by molar-refractivity contribution is 5.78. The van der Waals surface area contributed by atoms with E-state index in [0.717, 1.165) is 12.8 Å². The van der Waals surface area contributed by atoms with Gasteiger partial charge in [0, 0.05) is 0 Å². The summed E-state index contributed by atoms with van der Waals surface area (Å²) in [5.74, 6) is 0.449. The van der Waals surface area contributed by atoms with Crippen LogP contribution >= 0.6 is 0 Å². The van der Waals surface area contributed by atoms with Crippen LogP contribution in [0.25, 0.3) is 0 Å². The SMILES string of the molecule is O=C1OC[C@@]2(O)[C@@H]3CCC[C@@H]3[C@@H]12. The molecule has 0 radical (unpaired) electrons. The van der Waals surface area contributed by atoms with E-state index in [9.17, 15) is 9.90 Å². The van der Waals surface area contributed by atoms with Crippen molar-refractivity contribution in [3.63, 3.8) is 0 Å². The van der Waals surface area contributed by atoms with Crippen molar-refractivity contribution in [3.8, 4) is 0 Å². The van der Waals surface area contributed by atoms with Gasteiger partial charge in [0.1, 0.15) is 12.2 Å². The van der Waals surface area contributed by atoms with E-state index < -0.39 is 5.60 Å². The molecule has 12 heavy (non-hydrogen) atoms. The van der Waals surface area contributed by atoms with Crippen LogP contribution < -0.4 is 0 Å². The average molecular weight is 168 g/mol. The van der Waals surface area contributed by atoms with Gasteiger partial charge in [0.25, 0.3) is 0 Å². The second-order valence-electron chi connectivity index (χ2n) is 4.28. The van der Waals surface area contributed by atoms with E-state index in [1.165, 1.54) is 6.42 Å². The summed E-state index contributed by atoms with van der Waals surface area (Å²) < 4.78 is 4.89. The number of fused-ring (bicyclic) bond motifs is 4. The molecule has 1 saturated heterocycles. The molecule has 66 valence electrons. The number of cyclic esters (lactones) is 1. The molecule has 0 spiro atoms. The highest BCUT2D eigenvalue weighted by Crippen LogP contribution is 2.60. The summed E-state index contributed by atoms with van der Waals surface area (Å²) in [4.78, 5) is 11.2. The van der Waals surface area contributed by atoms with Crippen molar-refractivity contribution in [1.82, 2.24) is 0 Å². The quantitative estimate of drug-likeness (QED) is 0.530. The molecule has 3 fully saturated rings. The first-order chi connectivity index (χ1) is 5.73. The zero-order valence-electron chi connectivity index (χ0n) is 6.82. The van der Waals surface area contributed by atoms with Crippen molar-refractivity contribution >= 4 is 5.97 Å². The molecule has 2 aliphatic carbocycles. The van der Waals surface area contributed by atoms with E-state index in [-0.39, 0.29) is 18.5 Å². The third kappa shape index (κ3) is 0.534. The summed E-state index contributed by atoms with van der Waals surface area (Å²) in [5.41, 5.74) is -0.766. The molecule has 4 atom stereocenters. The zero-order chi connectivity index (χ0) is 8.34. The second kappa shape index (κ2) is 1.84. The fourth-order valence-electron chi connectivity index (χ4n) is 3.34. The Labute approximate surface area is 70.7 Å². The predicted octanol–water partition coefficient (Wildman–Crippen LogP) is 0.320. The zero-order valence-corrected chi connectivity index (χ0v) is 6.82. The maximum Gasteiger partial charge on any atom is 0.312 e. The van der Waals surface area contributed by atoms with Gasteiger partial charge in [0.2, 0.25) is 0 Å². The van der Waals surface area contributed by atoms with E-state index >= 15 is 0 Å². The molecule has 1 aliphatic heterocycles. The Morgan fingerprint density at radius 2 is 2.33 bits per heavy atom. The molecule has 0 amide bonds. The van der Waals surface area contributed by atoms with Crippen LogP contribution in [-0.4, -0.2) is 23.3 Å². The van der Waals surface area contributed by atoms with Gasteiger partial charge in [0.05, 0.1) is 5.92 Å². The van der Waals surface area contributed by atoms with Crippen molar-refractivity contribution in [2.24, 2.45) is 17.8 Å². The fraction of sp³-hybridized carbons (Fsp3) is 0.889. The first-order valence-corrected chi connectivity index (χ1v) is 4.62. The van der Waals surface area contributed by atoms with Crippen LogP contribution in [0.2, 0.25) is 0 Å². The van der Waals surface area contributed by atoms with Gasteiger partial charge >= 0.3 is 5.97 Å². The van der Waals surface area contributed by atoms with E-state index in [2.05, 4.69) is 0 Å². The summed E-state index contributed by atoms with van der Waals surface area (Å²) in [6.45, 7) is 0.248. The maximum absolute atomic E-state index is 11.2. The number of hydrogen-bond donors (Lipinski definition) is 1. The molecule has 3 nitrogen and oxygen atoms in total. The number of rotatable bonds is 0. The Hall–Kier alpha value is -0.570. The molecule has 0 unspecified atom stereocenters. The van der Waals surface area contributed by atoms with Crippen molar-refractivity contribution in [3.05, 3.63) is 0 Å². The van der Waals surface area contributed by atoms with Crippen LogP contribution in [0.15, 0.2) is 0 Å². The second-order valence-corrected chi connectivity index (χ2v) is 4.28. The lowest BCUT2D eigenvalue weighted by Gasteiger charge is -2.48. The van der Waals surface area contributed by atoms with Crippen molar-refractivity contribution < 1.29 is 14.6 Å². The average Bonchev–Trinajstić information content (AvgIpc) is 2.53. The van der Waals surface area contributed by atoms with Gasteiger partial charge in [-0.3, -0.25) is 4.79 Å². The third-order valence-corrected chi connectivity index (χ3v) is 3.88. The number of ether oxygens (including phenoxy) is 1. The Bertz CT molecular complexity index is 250. The minimum absolute atomic E-state index is 0.166. The van der Waals surface area contributed by atoms with Gasteiger partial charge in [-0.15, -0.1) is 0 Å². The molecule has 1 heterocycles. The molecule has 0 aromatic heterocycles. The van der Waals surface area contributed by atoms with Gasteiger partial charge in [-0.2, -0.15) is 0 Å². The molecule has 0 aromatic rings. The third-order valence-electron chi connectivity index (χ3n) is 3.88. The summed E-state index contributed by atoms with van der Waals surface area (Å²) in [6.07, 6.45) is 3.35. The molecule has 0 bridgehead atoms. The molecular weight excluding hydrogens is 156 g/mol. The van der Waals surface area contributed by atoms with Gasteiger partial charge in [-0.25, -0.2) is 0 Å². The van der Waals surface area contributed by atoms with E-state index in [1.807, 2.05) is 0 Å². The van der Waals surface area contributed by atoms with Crippen LogP contribution in [0.1, 0.15) is 19.3 Å². The van der Waals surface area contributed by atoms with Gasteiger partial charge in [0.15, 0.2) is 0 Å². The lowest BCUT2D eigenvalue weighted by molar-refractivity contribution is -0.167. The standard InChI is InChI=1S/C9H12O3/c10-8-7-5-2-1-3-6(5)9(7,11)4-12-8/h5-7,11H,1-4H2/t5-,6+,7-,9+/m0/s1. The molecule has 0 aromatic carbocycles. The lowest BCUT2D eigenvalue weighted by atomic mass is 9.56. The van der Waals surface area contributed by atoms with E-state index in [1.54, 1.807) is 0 Å². The number of aliphatic hydroxyl groups is 1. The van der Waals surface area contributed by atoms with E-state index in [4.69, 9.17) is 4.74 Å². The minimum Gasteiger partial charge on any atom is -0.462 e. The number of esters is 1. The van der Waals surface area contributed by atoms with Crippen molar-refractivity contribution in [2.75, 3.05) is 6.61 Å². The Morgan fingerprint density at radius 1 is 1.50 bits per heavy atom. The number of hydrogen-bond acceptors (Lipinski definition) is 3. The molecule has 3 aliphatic rings. The predicted molar refractivity (Wildman–Crippen MR) is 40.2 cm³/mol. The van der Waals surface area contributed by atoms with E-state index in [0.29, 0.717) is 11.8 Å². The molecule has 1 N–H and O–H groups in total. The van der Waals surface area contributed by atoms with Crippen LogP contribution in [0.3, 0.4) is 0 Å². The van der Waals surface area contributed by atoms with Crippen LogP contribution in [0, 0.1) is 17.8 Å². The Kier molecular flexibility index (Phi) is 1.06.